The van der Waals surface area contributed by atoms with Crippen molar-refractivity contribution in [3.63, 3.8) is 0 Å². The van der Waals surface area contributed by atoms with Gasteiger partial charge in [0.15, 0.2) is 5.96 Å². The molecule has 0 unspecified atom stereocenters. The largest absolute Gasteiger partial charge is 0.370 e. The summed E-state index contributed by atoms with van der Waals surface area (Å²) in [6.45, 7) is 0.747. The second kappa shape index (κ2) is 8.71. The van der Waals surface area contributed by atoms with Crippen LogP contribution in [0.25, 0.3) is 0 Å². The summed E-state index contributed by atoms with van der Waals surface area (Å²) >= 11 is 1.72. The first-order valence-electron chi connectivity index (χ1n) is 6.58. The number of guanidine groups is 1. The molecule has 0 spiro atoms. The van der Waals surface area contributed by atoms with Gasteiger partial charge in [-0.2, -0.15) is 0 Å². The molecule has 6 heteroatoms. The first-order valence-corrected chi connectivity index (χ1v) is 7.56. The van der Waals surface area contributed by atoms with Crippen molar-refractivity contribution in [3.05, 3.63) is 30.1 Å². The zero-order valence-electron chi connectivity index (χ0n) is 11.6. The van der Waals surface area contributed by atoms with Crippen LogP contribution in [0.5, 0.6) is 0 Å². The average molecular weight is 409 g/mol. The summed E-state index contributed by atoms with van der Waals surface area (Å²) in [6, 6.07) is 7.20. The molecule has 0 saturated heterocycles. The maximum atomic E-state index is 12.7. The van der Waals surface area contributed by atoms with E-state index < -0.39 is 0 Å². The predicted molar refractivity (Wildman–Crippen MR) is 94.4 cm³/mol. The SMILES string of the molecule is CN(C(N)=NCCCSc1ccc(F)cc1)C1CC1.I. The Morgan fingerprint density at radius 3 is 2.65 bits per heavy atom. The highest BCUT2D eigenvalue weighted by Crippen LogP contribution is 2.24. The van der Waals surface area contributed by atoms with E-state index in [1.54, 1.807) is 23.9 Å². The topological polar surface area (TPSA) is 41.6 Å². The molecular weight excluding hydrogens is 388 g/mol. The third-order valence-corrected chi connectivity index (χ3v) is 4.21. The first kappa shape index (κ1) is 17.6. The van der Waals surface area contributed by atoms with E-state index in [1.165, 1.54) is 25.0 Å². The zero-order chi connectivity index (χ0) is 13.7. The number of aliphatic imine (C=N–C) groups is 1. The number of hydrogen-bond donors (Lipinski definition) is 1. The molecule has 2 N–H and O–H groups in total. The normalized spacial score (nSPS) is 14.8. The summed E-state index contributed by atoms with van der Waals surface area (Å²) in [4.78, 5) is 7.53. The van der Waals surface area contributed by atoms with Crippen LogP contribution >= 0.6 is 35.7 Å². The summed E-state index contributed by atoms with van der Waals surface area (Å²) in [5.41, 5.74) is 5.90. The fourth-order valence-electron chi connectivity index (χ4n) is 1.74. The van der Waals surface area contributed by atoms with Crippen molar-refractivity contribution in [1.29, 1.82) is 0 Å². The molecule has 1 fully saturated rings. The minimum atomic E-state index is -0.190. The molecule has 1 aliphatic rings. The Hall–Kier alpha value is -0.500. The number of rotatable bonds is 6. The summed E-state index contributed by atoms with van der Waals surface area (Å²) in [5.74, 6) is 1.43. The van der Waals surface area contributed by atoms with E-state index in [4.69, 9.17) is 5.73 Å². The highest BCUT2D eigenvalue weighted by atomic mass is 127. The van der Waals surface area contributed by atoms with Gasteiger partial charge in [0, 0.05) is 24.5 Å². The highest BCUT2D eigenvalue weighted by molar-refractivity contribution is 14.0. The Balaban J connectivity index is 0.00000200. The molecule has 1 saturated carbocycles. The van der Waals surface area contributed by atoms with E-state index in [0.717, 1.165) is 23.6 Å². The smallest absolute Gasteiger partial charge is 0.191 e. The van der Waals surface area contributed by atoms with E-state index in [0.29, 0.717) is 12.0 Å². The van der Waals surface area contributed by atoms with E-state index in [1.807, 2.05) is 7.05 Å². The van der Waals surface area contributed by atoms with Gasteiger partial charge in [-0.1, -0.05) is 0 Å². The summed E-state index contributed by atoms with van der Waals surface area (Å²) < 4.78 is 12.7. The van der Waals surface area contributed by atoms with Crippen molar-refractivity contribution < 1.29 is 4.39 Å². The second-order valence-corrected chi connectivity index (χ2v) is 5.91. The lowest BCUT2D eigenvalue weighted by Crippen LogP contribution is -2.35. The lowest BCUT2D eigenvalue weighted by atomic mass is 10.4. The van der Waals surface area contributed by atoms with Gasteiger partial charge in [-0.25, -0.2) is 4.39 Å². The Bertz CT molecular complexity index is 435. The molecule has 0 atom stereocenters. The van der Waals surface area contributed by atoms with Gasteiger partial charge in [-0.05, 0) is 49.3 Å². The van der Waals surface area contributed by atoms with Crippen LogP contribution in [0.2, 0.25) is 0 Å². The molecule has 0 heterocycles. The van der Waals surface area contributed by atoms with Crippen LogP contribution in [0.1, 0.15) is 19.3 Å². The Labute approximate surface area is 141 Å². The highest BCUT2D eigenvalue weighted by Gasteiger charge is 2.27. The molecule has 2 rings (SSSR count). The minimum absolute atomic E-state index is 0. The van der Waals surface area contributed by atoms with Crippen LogP contribution in [0.4, 0.5) is 4.39 Å². The van der Waals surface area contributed by atoms with Crippen LogP contribution in [-0.2, 0) is 0 Å². The second-order valence-electron chi connectivity index (χ2n) is 4.74. The first-order chi connectivity index (χ1) is 9.16. The van der Waals surface area contributed by atoms with Crippen molar-refractivity contribution in [2.45, 2.75) is 30.2 Å². The van der Waals surface area contributed by atoms with Gasteiger partial charge in [-0.15, -0.1) is 35.7 Å². The van der Waals surface area contributed by atoms with Gasteiger partial charge in [0.2, 0.25) is 0 Å². The van der Waals surface area contributed by atoms with E-state index in [2.05, 4.69) is 9.89 Å². The monoisotopic (exact) mass is 409 g/mol. The number of nitrogens with two attached hydrogens (primary N) is 1. The fraction of sp³-hybridized carbons (Fsp3) is 0.500. The van der Waals surface area contributed by atoms with Crippen molar-refractivity contribution in [2.75, 3.05) is 19.3 Å². The summed E-state index contributed by atoms with van der Waals surface area (Å²) in [7, 11) is 2.00. The zero-order valence-corrected chi connectivity index (χ0v) is 14.7. The number of benzene rings is 1. The third-order valence-electron chi connectivity index (χ3n) is 3.11. The molecule has 0 bridgehead atoms. The summed E-state index contributed by atoms with van der Waals surface area (Å²) in [6.07, 6.45) is 3.43. The molecule has 3 nitrogen and oxygen atoms in total. The molecule has 1 aromatic carbocycles. The predicted octanol–water partition coefficient (Wildman–Crippen LogP) is 3.33. The van der Waals surface area contributed by atoms with Gasteiger partial charge in [-0.3, -0.25) is 4.99 Å². The Morgan fingerprint density at radius 1 is 1.40 bits per heavy atom. The minimum Gasteiger partial charge on any atom is -0.370 e. The molecule has 0 aromatic heterocycles. The molecule has 0 amide bonds. The van der Waals surface area contributed by atoms with Crippen LogP contribution < -0.4 is 5.73 Å². The Kier molecular flexibility index (Phi) is 7.65. The molecule has 1 aromatic rings. The molecule has 20 heavy (non-hydrogen) atoms. The molecule has 0 aliphatic heterocycles. The molecule has 1 aliphatic carbocycles. The lowest BCUT2D eigenvalue weighted by molar-refractivity contribution is 0.487. The van der Waals surface area contributed by atoms with Crippen LogP contribution in [0, 0.1) is 5.82 Å². The Morgan fingerprint density at radius 2 is 2.05 bits per heavy atom. The van der Waals surface area contributed by atoms with Crippen LogP contribution in [0.3, 0.4) is 0 Å². The van der Waals surface area contributed by atoms with Gasteiger partial charge in [0.05, 0.1) is 0 Å². The fourth-order valence-corrected chi connectivity index (χ4v) is 2.58. The number of thioether (sulfide) groups is 1. The summed E-state index contributed by atoms with van der Waals surface area (Å²) in [5, 5.41) is 0. The maximum Gasteiger partial charge on any atom is 0.191 e. The molecule has 112 valence electrons. The van der Waals surface area contributed by atoms with E-state index in [9.17, 15) is 4.39 Å². The van der Waals surface area contributed by atoms with Crippen molar-refractivity contribution in [2.24, 2.45) is 10.7 Å². The quantitative estimate of drug-likeness (QED) is 0.258. The van der Waals surface area contributed by atoms with E-state index in [-0.39, 0.29) is 29.8 Å². The standard InChI is InChI=1S/C14H20FN3S.HI/c1-18(12-5-6-12)14(16)17-9-2-10-19-13-7-3-11(15)4-8-13;/h3-4,7-8,12H,2,5-6,9-10H2,1H3,(H2,16,17);1H. The van der Waals surface area contributed by atoms with Crippen molar-refractivity contribution in [3.8, 4) is 0 Å². The van der Waals surface area contributed by atoms with Gasteiger partial charge in [0.25, 0.3) is 0 Å². The van der Waals surface area contributed by atoms with Gasteiger partial charge >= 0.3 is 0 Å². The van der Waals surface area contributed by atoms with Gasteiger partial charge in [0.1, 0.15) is 5.82 Å². The number of nitrogens with zero attached hydrogens (tertiary/aromatic N) is 2. The third kappa shape index (κ3) is 5.87. The van der Waals surface area contributed by atoms with Crippen LogP contribution in [-0.4, -0.2) is 36.2 Å². The number of halogens is 2. The molecular formula is C14H21FIN3S. The van der Waals surface area contributed by atoms with Crippen LogP contribution in [0.15, 0.2) is 34.2 Å². The van der Waals surface area contributed by atoms with Gasteiger partial charge < -0.3 is 10.6 Å². The van der Waals surface area contributed by atoms with Crippen molar-refractivity contribution >= 4 is 41.7 Å². The lowest BCUT2D eigenvalue weighted by Gasteiger charge is -2.16. The number of hydrogen-bond acceptors (Lipinski definition) is 2. The maximum absolute atomic E-state index is 12.7. The van der Waals surface area contributed by atoms with Crippen molar-refractivity contribution in [1.82, 2.24) is 4.90 Å². The van der Waals surface area contributed by atoms with E-state index >= 15 is 0 Å². The average Bonchev–Trinajstić information content (AvgIpc) is 3.24. The molecule has 0 radical (unpaired) electrons.